The van der Waals surface area contributed by atoms with Gasteiger partial charge in [0.1, 0.15) is 5.69 Å². The first-order valence-electron chi connectivity index (χ1n) is 9.12. The average Bonchev–Trinajstić information content (AvgIpc) is 3.38. The van der Waals surface area contributed by atoms with Crippen molar-refractivity contribution in [3.63, 3.8) is 0 Å². The van der Waals surface area contributed by atoms with Crippen molar-refractivity contribution in [3.05, 3.63) is 64.3 Å². The summed E-state index contributed by atoms with van der Waals surface area (Å²) in [7, 11) is -5.54. The van der Waals surface area contributed by atoms with E-state index in [4.69, 9.17) is 0 Å². The number of nitrogens with zero attached hydrogens (tertiary/aromatic N) is 6. The summed E-state index contributed by atoms with van der Waals surface area (Å²) in [6.45, 7) is 1.51. The lowest BCUT2D eigenvalue weighted by Crippen LogP contribution is -2.25. The Labute approximate surface area is 183 Å². The number of aromatic hydroxyl groups is 1. The number of H-pyrrole nitrogens is 1. The normalized spacial score (nSPS) is 12.2. The Morgan fingerprint density at radius 3 is 2.45 bits per heavy atom. The molecule has 0 radical (unpaired) electrons. The predicted octanol–water partition coefficient (Wildman–Crippen LogP) is 1.57. The first-order chi connectivity index (χ1) is 15.5. The molecule has 11 nitrogen and oxygen atoms in total. The topological polar surface area (TPSA) is 149 Å². The molecule has 0 aliphatic carbocycles. The molecule has 172 valence electrons. The van der Waals surface area contributed by atoms with Crippen LogP contribution in [-0.4, -0.2) is 53.8 Å². The first-order valence-corrected chi connectivity index (χ1v) is 10.6. The molecular weight excluding hydrogens is 467 g/mol. The minimum atomic E-state index is -5.54. The van der Waals surface area contributed by atoms with Gasteiger partial charge in [-0.05, 0) is 54.1 Å². The summed E-state index contributed by atoms with van der Waals surface area (Å²) < 4.78 is 63.4. The highest BCUT2D eigenvalue weighted by Crippen LogP contribution is 2.31. The minimum Gasteiger partial charge on any atom is -0.493 e. The molecule has 0 unspecified atom stereocenters. The summed E-state index contributed by atoms with van der Waals surface area (Å²) in [4.78, 5) is 16.1. The van der Waals surface area contributed by atoms with E-state index in [1.165, 1.54) is 17.7 Å². The van der Waals surface area contributed by atoms with Gasteiger partial charge in [-0.15, -0.1) is 10.2 Å². The third-order valence-electron chi connectivity index (χ3n) is 4.81. The Balaban J connectivity index is 1.70. The van der Waals surface area contributed by atoms with E-state index in [0.29, 0.717) is 11.3 Å². The van der Waals surface area contributed by atoms with Gasteiger partial charge in [0.2, 0.25) is 11.7 Å². The number of imidazole rings is 1. The summed E-state index contributed by atoms with van der Waals surface area (Å²) >= 11 is 0. The molecule has 15 heteroatoms. The standard InChI is InChI=1S/C18H14F3N7O4S/c1-10-16(29)28(12-2-4-13(5-3-12)33(31,32)18(19,20)21)17(30)27(10)9-11-6-7-22-14(8-11)15-23-25-26-24-15/h2-8,29H,9H2,1H3,(H,23,24,25,26). The number of pyridine rings is 1. The Kier molecular flexibility index (Phi) is 5.27. The van der Waals surface area contributed by atoms with Crippen LogP contribution in [0.15, 0.2) is 52.3 Å². The van der Waals surface area contributed by atoms with Crippen LogP contribution >= 0.6 is 0 Å². The number of halogens is 3. The molecule has 0 saturated carbocycles. The number of aromatic amines is 1. The molecule has 2 N–H and O–H groups in total. The smallest absolute Gasteiger partial charge is 0.493 e. The number of aromatic nitrogens is 7. The quantitative estimate of drug-likeness (QED) is 0.436. The molecule has 0 fully saturated rings. The maximum atomic E-state index is 13.0. The van der Waals surface area contributed by atoms with E-state index in [0.717, 1.165) is 28.8 Å². The van der Waals surface area contributed by atoms with Gasteiger partial charge in [0.05, 0.1) is 22.8 Å². The van der Waals surface area contributed by atoms with Gasteiger partial charge in [-0.25, -0.2) is 17.8 Å². The van der Waals surface area contributed by atoms with Crippen molar-refractivity contribution in [2.24, 2.45) is 0 Å². The molecule has 0 aliphatic heterocycles. The van der Waals surface area contributed by atoms with Gasteiger partial charge in [0.15, 0.2) is 0 Å². The van der Waals surface area contributed by atoms with Crippen LogP contribution in [0.25, 0.3) is 17.2 Å². The van der Waals surface area contributed by atoms with E-state index in [-0.39, 0.29) is 23.8 Å². The Hall–Kier alpha value is -4.01. The lowest BCUT2D eigenvalue weighted by molar-refractivity contribution is -0.0436. The molecule has 4 rings (SSSR count). The van der Waals surface area contributed by atoms with Gasteiger partial charge >= 0.3 is 11.2 Å². The van der Waals surface area contributed by atoms with E-state index >= 15 is 0 Å². The summed E-state index contributed by atoms with van der Waals surface area (Å²) in [6.07, 6.45) is 1.48. The molecule has 4 aromatic rings. The van der Waals surface area contributed by atoms with Crippen LogP contribution < -0.4 is 5.69 Å². The Bertz CT molecular complexity index is 1470. The number of sulfone groups is 1. The van der Waals surface area contributed by atoms with Gasteiger partial charge in [-0.1, -0.05) is 0 Å². The van der Waals surface area contributed by atoms with E-state index in [1.54, 1.807) is 12.1 Å². The van der Waals surface area contributed by atoms with Crippen LogP contribution in [-0.2, 0) is 16.4 Å². The molecule has 3 heterocycles. The first kappa shape index (κ1) is 22.2. The number of alkyl halides is 3. The number of tetrazole rings is 1. The number of hydrogen-bond donors (Lipinski definition) is 2. The summed E-state index contributed by atoms with van der Waals surface area (Å²) in [6, 6.07) is 6.71. The molecule has 0 spiro atoms. The van der Waals surface area contributed by atoms with Gasteiger partial charge in [0.25, 0.3) is 9.84 Å². The van der Waals surface area contributed by atoms with Crippen LogP contribution in [0.5, 0.6) is 5.88 Å². The highest BCUT2D eigenvalue weighted by atomic mass is 32.2. The molecule has 0 saturated heterocycles. The van der Waals surface area contributed by atoms with Crippen molar-refractivity contribution in [2.75, 3.05) is 0 Å². The van der Waals surface area contributed by atoms with E-state index in [1.807, 2.05) is 0 Å². The second-order valence-electron chi connectivity index (χ2n) is 6.84. The maximum Gasteiger partial charge on any atom is 0.501 e. The van der Waals surface area contributed by atoms with E-state index in [2.05, 4.69) is 25.6 Å². The second-order valence-corrected chi connectivity index (χ2v) is 8.78. The third kappa shape index (κ3) is 3.86. The zero-order chi connectivity index (χ0) is 24.0. The molecule has 0 bridgehead atoms. The second kappa shape index (κ2) is 7.84. The van der Waals surface area contributed by atoms with Gasteiger partial charge < -0.3 is 5.11 Å². The number of rotatable bonds is 5. The largest absolute Gasteiger partial charge is 0.501 e. The molecule has 0 atom stereocenters. The fraction of sp³-hybridized carbons (Fsp3) is 0.167. The van der Waals surface area contributed by atoms with Gasteiger partial charge in [0, 0.05) is 6.20 Å². The Morgan fingerprint density at radius 1 is 1.15 bits per heavy atom. The molecule has 1 aromatic carbocycles. The summed E-state index contributed by atoms with van der Waals surface area (Å²) in [5.41, 5.74) is -4.95. The van der Waals surface area contributed by atoms with Gasteiger partial charge in [-0.3, -0.25) is 9.55 Å². The van der Waals surface area contributed by atoms with Crippen molar-refractivity contribution < 1.29 is 26.7 Å². The molecule has 0 aliphatic rings. The lowest BCUT2D eigenvalue weighted by Gasteiger charge is -2.09. The highest BCUT2D eigenvalue weighted by Gasteiger charge is 2.46. The summed E-state index contributed by atoms with van der Waals surface area (Å²) in [5.74, 6) is -0.200. The van der Waals surface area contributed by atoms with Crippen LogP contribution in [0.1, 0.15) is 11.3 Å². The fourth-order valence-corrected chi connectivity index (χ4v) is 3.87. The van der Waals surface area contributed by atoms with Crippen molar-refractivity contribution in [3.8, 4) is 23.1 Å². The number of nitrogens with one attached hydrogen (secondary N) is 1. The average molecular weight is 481 g/mol. The SMILES string of the molecule is Cc1c(O)n(-c2ccc(S(=O)(=O)C(F)(F)F)cc2)c(=O)n1Cc1ccnc(-c2nn[nH]n2)c1. The van der Waals surface area contributed by atoms with Gasteiger partial charge in [-0.2, -0.15) is 18.4 Å². The fourth-order valence-electron chi connectivity index (χ4n) is 3.11. The monoisotopic (exact) mass is 481 g/mol. The molecule has 0 amide bonds. The molecule has 3 aromatic heterocycles. The minimum absolute atomic E-state index is 0.0114. The van der Waals surface area contributed by atoms with Crippen LogP contribution in [0, 0.1) is 6.92 Å². The van der Waals surface area contributed by atoms with Crippen molar-refractivity contribution >= 4 is 9.84 Å². The van der Waals surface area contributed by atoms with E-state index < -0.39 is 31.8 Å². The number of benzene rings is 1. The number of hydrogen-bond acceptors (Lipinski definition) is 8. The van der Waals surface area contributed by atoms with Crippen molar-refractivity contribution in [2.45, 2.75) is 23.9 Å². The zero-order valence-corrected chi connectivity index (χ0v) is 17.5. The third-order valence-corrected chi connectivity index (χ3v) is 6.31. The van der Waals surface area contributed by atoms with Crippen molar-refractivity contribution in [1.82, 2.24) is 34.7 Å². The van der Waals surface area contributed by atoms with E-state index in [9.17, 15) is 31.5 Å². The lowest BCUT2D eigenvalue weighted by atomic mass is 10.2. The van der Waals surface area contributed by atoms with Crippen molar-refractivity contribution in [1.29, 1.82) is 0 Å². The predicted molar refractivity (Wildman–Crippen MR) is 106 cm³/mol. The summed E-state index contributed by atoms with van der Waals surface area (Å²) in [5, 5.41) is 23.9. The zero-order valence-electron chi connectivity index (χ0n) is 16.6. The highest BCUT2D eigenvalue weighted by molar-refractivity contribution is 7.92. The van der Waals surface area contributed by atoms with Crippen LogP contribution in [0.2, 0.25) is 0 Å². The molecule has 33 heavy (non-hydrogen) atoms. The van der Waals surface area contributed by atoms with Crippen LogP contribution in [0.4, 0.5) is 13.2 Å². The Morgan fingerprint density at radius 2 is 1.85 bits per heavy atom. The molecular formula is C18H14F3N7O4S. The van der Waals surface area contributed by atoms with Crippen LogP contribution in [0.3, 0.4) is 0 Å². The maximum absolute atomic E-state index is 13.0.